The Morgan fingerprint density at radius 3 is 2.33 bits per heavy atom. The number of anilines is 3. The summed E-state index contributed by atoms with van der Waals surface area (Å²) in [5.74, 6) is 0.418. The molecule has 9 nitrogen and oxygen atoms in total. The highest BCUT2D eigenvalue weighted by atomic mass is 35.5. The van der Waals surface area contributed by atoms with Gasteiger partial charge in [0.2, 0.25) is 16.0 Å². The van der Waals surface area contributed by atoms with Crippen LogP contribution in [0.15, 0.2) is 24.4 Å². The molecule has 198 valence electrons. The van der Waals surface area contributed by atoms with Gasteiger partial charge in [-0.05, 0) is 25.0 Å². The zero-order chi connectivity index (χ0) is 26.1. The van der Waals surface area contributed by atoms with Crippen LogP contribution in [0.1, 0.15) is 18.4 Å². The molecule has 2 aromatic rings. The van der Waals surface area contributed by atoms with Crippen LogP contribution in [0.2, 0.25) is 5.15 Å². The standard InChI is InChI=1S/C22H28ClF3N6O3S/c1-35-19-13-16(3-4-18(19)28-21-27-14-17(20(23)29-21)22(24,25)26)30-7-5-15(6-8-30)31-9-11-32(12-10-31)36(2,33)34/h3-4,13-15H,5-12H2,1-2H3,(H,27,28,29). The number of nitrogens with one attached hydrogen (secondary N) is 1. The van der Waals surface area contributed by atoms with Gasteiger partial charge in [0.1, 0.15) is 16.5 Å². The first-order chi connectivity index (χ1) is 17.0. The lowest BCUT2D eigenvalue weighted by Crippen LogP contribution is -2.54. The molecule has 3 heterocycles. The van der Waals surface area contributed by atoms with Crippen molar-refractivity contribution in [3.05, 3.63) is 35.1 Å². The van der Waals surface area contributed by atoms with Gasteiger partial charge in [-0.15, -0.1) is 0 Å². The van der Waals surface area contributed by atoms with Crippen LogP contribution in [-0.4, -0.2) is 86.3 Å². The Kier molecular flexibility index (Phi) is 7.83. The molecule has 1 aromatic heterocycles. The molecule has 4 rings (SSSR count). The molecule has 2 saturated heterocycles. The van der Waals surface area contributed by atoms with Crippen LogP contribution in [0.5, 0.6) is 5.75 Å². The minimum atomic E-state index is -4.63. The van der Waals surface area contributed by atoms with E-state index in [1.54, 1.807) is 6.07 Å². The van der Waals surface area contributed by atoms with Crippen molar-refractivity contribution in [3.63, 3.8) is 0 Å². The zero-order valence-electron chi connectivity index (χ0n) is 19.9. The van der Waals surface area contributed by atoms with Gasteiger partial charge in [-0.25, -0.2) is 18.4 Å². The van der Waals surface area contributed by atoms with Gasteiger partial charge >= 0.3 is 6.18 Å². The molecular formula is C22H28ClF3N6O3S. The number of sulfonamides is 1. The second kappa shape index (κ2) is 10.6. The van der Waals surface area contributed by atoms with Gasteiger partial charge in [-0.2, -0.15) is 17.5 Å². The Labute approximate surface area is 213 Å². The second-order valence-electron chi connectivity index (χ2n) is 8.82. The minimum absolute atomic E-state index is 0.0733. The summed E-state index contributed by atoms with van der Waals surface area (Å²) in [5, 5.41) is 2.18. The van der Waals surface area contributed by atoms with Crippen LogP contribution >= 0.6 is 11.6 Å². The number of piperidine rings is 1. The summed E-state index contributed by atoms with van der Waals surface area (Å²) in [7, 11) is -1.64. The quantitative estimate of drug-likeness (QED) is 0.549. The number of aromatic nitrogens is 2. The first-order valence-corrected chi connectivity index (χ1v) is 13.7. The molecule has 2 aliphatic rings. The van der Waals surface area contributed by atoms with Crippen molar-refractivity contribution in [2.45, 2.75) is 25.1 Å². The summed E-state index contributed by atoms with van der Waals surface area (Å²) < 4.78 is 69.2. The first kappa shape index (κ1) is 26.7. The van der Waals surface area contributed by atoms with E-state index < -0.39 is 26.9 Å². The van der Waals surface area contributed by atoms with Gasteiger partial charge in [0.05, 0.1) is 19.1 Å². The van der Waals surface area contributed by atoms with Crippen LogP contribution in [0, 0.1) is 0 Å². The van der Waals surface area contributed by atoms with Crippen molar-refractivity contribution in [2.75, 3.05) is 62.9 Å². The summed E-state index contributed by atoms with van der Waals surface area (Å²) in [6, 6.07) is 5.94. The fraction of sp³-hybridized carbons (Fsp3) is 0.545. The maximum atomic E-state index is 12.9. The first-order valence-electron chi connectivity index (χ1n) is 11.4. The van der Waals surface area contributed by atoms with Gasteiger partial charge < -0.3 is 15.0 Å². The number of halogens is 4. The van der Waals surface area contributed by atoms with Crippen molar-refractivity contribution < 1.29 is 26.3 Å². The molecule has 1 aromatic carbocycles. The summed E-state index contributed by atoms with van der Waals surface area (Å²) in [4.78, 5) is 12.1. The molecule has 2 fully saturated rings. The molecule has 36 heavy (non-hydrogen) atoms. The van der Waals surface area contributed by atoms with Crippen molar-refractivity contribution in [1.29, 1.82) is 0 Å². The van der Waals surface area contributed by atoms with Gasteiger partial charge in [0.25, 0.3) is 0 Å². The van der Waals surface area contributed by atoms with E-state index in [1.807, 2.05) is 12.1 Å². The molecule has 0 aliphatic carbocycles. The highest BCUT2D eigenvalue weighted by Crippen LogP contribution is 2.36. The number of nitrogens with zero attached hydrogens (tertiary/aromatic N) is 5. The summed E-state index contributed by atoms with van der Waals surface area (Å²) in [6.07, 6.45) is -0.823. The Morgan fingerprint density at radius 1 is 1.11 bits per heavy atom. The number of methoxy groups -OCH3 is 1. The van der Waals surface area contributed by atoms with E-state index in [4.69, 9.17) is 16.3 Å². The van der Waals surface area contributed by atoms with Gasteiger partial charge in [0.15, 0.2) is 0 Å². The maximum absolute atomic E-state index is 12.9. The number of benzene rings is 1. The number of piperazine rings is 1. The normalized spacial score (nSPS) is 18.9. The van der Waals surface area contributed by atoms with Crippen molar-refractivity contribution in [2.24, 2.45) is 0 Å². The lowest BCUT2D eigenvalue weighted by molar-refractivity contribution is -0.137. The molecule has 1 N–H and O–H groups in total. The van der Waals surface area contributed by atoms with Gasteiger partial charge in [-0.3, -0.25) is 4.90 Å². The smallest absolute Gasteiger partial charge is 0.420 e. The monoisotopic (exact) mass is 548 g/mol. The molecule has 0 amide bonds. The highest BCUT2D eigenvalue weighted by molar-refractivity contribution is 7.88. The van der Waals surface area contributed by atoms with Crippen LogP contribution < -0.4 is 15.0 Å². The van der Waals surface area contributed by atoms with E-state index in [0.717, 1.165) is 44.7 Å². The summed E-state index contributed by atoms with van der Waals surface area (Å²) in [6.45, 7) is 4.20. The van der Waals surface area contributed by atoms with Crippen LogP contribution in [0.4, 0.5) is 30.5 Å². The van der Waals surface area contributed by atoms with Crippen molar-refractivity contribution in [3.8, 4) is 5.75 Å². The highest BCUT2D eigenvalue weighted by Gasteiger charge is 2.35. The predicted molar refractivity (Wildman–Crippen MR) is 132 cm³/mol. The van der Waals surface area contributed by atoms with E-state index in [9.17, 15) is 21.6 Å². The Hall–Kier alpha value is -2.35. The number of rotatable bonds is 6. The largest absolute Gasteiger partial charge is 0.494 e. The van der Waals surface area contributed by atoms with Gasteiger partial charge in [-0.1, -0.05) is 11.6 Å². The van der Waals surface area contributed by atoms with Gasteiger partial charge in [0, 0.05) is 63.3 Å². The van der Waals surface area contributed by atoms with Crippen LogP contribution in [0.25, 0.3) is 0 Å². The van der Waals surface area contributed by atoms with Crippen LogP contribution in [-0.2, 0) is 16.2 Å². The third-order valence-corrected chi connectivity index (χ3v) is 8.16. The van der Waals surface area contributed by atoms with E-state index in [0.29, 0.717) is 36.8 Å². The fourth-order valence-corrected chi connectivity index (χ4v) is 5.66. The molecule has 2 aliphatic heterocycles. The molecule has 0 radical (unpaired) electrons. The maximum Gasteiger partial charge on any atom is 0.420 e. The number of hydrogen-bond acceptors (Lipinski definition) is 8. The SMILES string of the molecule is COc1cc(N2CCC(N3CCN(S(C)(=O)=O)CC3)CC2)ccc1Nc1ncc(C(F)(F)F)c(Cl)n1. The minimum Gasteiger partial charge on any atom is -0.494 e. The third-order valence-electron chi connectivity index (χ3n) is 6.57. The Morgan fingerprint density at radius 2 is 1.78 bits per heavy atom. The Balaban J connectivity index is 1.37. The molecule has 0 bridgehead atoms. The topological polar surface area (TPSA) is 90.9 Å². The molecular weight excluding hydrogens is 521 g/mol. The summed E-state index contributed by atoms with van der Waals surface area (Å²) in [5.41, 5.74) is 0.359. The number of alkyl halides is 3. The lowest BCUT2D eigenvalue weighted by Gasteiger charge is -2.42. The zero-order valence-corrected chi connectivity index (χ0v) is 21.5. The van der Waals surface area contributed by atoms with E-state index in [1.165, 1.54) is 17.7 Å². The number of ether oxygens (including phenoxy) is 1. The fourth-order valence-electron chi connectivity index (χ4n) is 4.60. The molecule has 0 spiro atoms. The molecule has 0 atom stereocenters. The average molecular weight is 549 g/mol. The average Bonchev–Trinajstić information content (AvgIpc) is 2.83. The summed E-state index contributed by atoms with van der Waals surface area (Å²) >= 11 is 5.69. The number of hydrogen-bond donors (Lipinski definition) is 1. The Bertz CT molecular complexity index is 1180. The predicted octanol–water partition coefficient (Wildman–Crippen LogP) is 3.45. The second-order valence-corrected chi connectivity index (χ2v) is 11.2. The molecule has 0 unspecified atom stereocenters. The lowest BCUT2D eigenvalue weighted by atomic mass is 10.0. The van der Waals surface area contributed by atoms with Crippen LogP contribution in [0.3, 0.4) is 0 Å². The molecule has 0 saturated carbocycles. The van der Waals surface area contributed by atoms with E-state index in [-0.39, 0.29) is 5.95 Å². The third kappa shape index (κ3) is 6.13. The van der Waals surface area contributed by atoms with E-state index in [2.05, 4.69) is 25.1 Å². The van der Waals surface area contributed by atoms with Crippen molar-refractivity contribution >= 4 is 38.9 Å². The van der Waals surface area contributed by atoms with E-state index >= 15 is 0 Å². The molecule has 14 heteroatoms. The van der Waals surface area contributed by atoms with Crippen molar-refractivity contribution in [1.82, 2.24) is 19.2 Å².